The van der Waals surface area contributed by atoms with Crippen molar-refractivity contribution in [2.24, 2.45) is 11.3 Å². The van der Waals surface area contributed by atoms with Gasteiger partial charge in [0, 0.05) is 24.4 Å². The van der Waals surface area contributed by atoms with Crippen molar-refractivity contribution in [1.29, 1.82) is 0 Å². The summed E-state index contributed by atoms with van der Waals surface area (Å²) in [5.74, 6) is 2.61. The first-order valence-corrected chi connectivity index (χ1v) is 8.16. The number of rotatable bonds is 3. The third-order valence-electron chi connectivity index (χ3n) is 5.51. The molecule has 4 rings (SSSR count). The van der Waals surface area contributed by atoms with Gasteiger partial charge in [0.15, 0.2) is 5.76 Å². The molecular formula is C18H21N3O. The predicted octanol–water partition coefficient (Wildman–Crippen LogP) is 3.84. The lowest BCUT2D eigenvalue weighted by molar-refractivity contribution is 0.168. The van der Waals surface area contributed by atoms with E-state index in [4.69, 9.17) is 4.52 Å². The van der Waals surface area contributed by atoms with E-state index in [2.05, 4.69) is 28.1 Å². The zero-order valence-electron chi connectivity index (χ0n) is 13.0. The minimum absolute atomic E-state index is 0.242. The minimum Gasteiger partial charge on any atom is -0.357 e. The normalized spacial score (nSPS) is 27.0. The molecule has 0 amide bonds. The highest BCUT2D eigenvalue weighted by molar-refractivity contribution is 5.57. The summed E-state index contributed by atoms with van der Waals surface area (Å²) in [7, 11) is 0. The molecule has 1 saturated carbocycles. The van der Waals surface area contributed by atoms with Gasteiger partial charge in [0.05, 0.1) is 6.20 Å². The molecule has 2 atom stereocenters. The number of aryl methyl sites for hydroxylation is 1. The van der Waals surface area contributed by atoms with Crippen LogP contribution in [0.25, 0.3) is 6.08 Å². The third kappa shape index (κ3) is 2.27. The van der Waals surface area contributed by atoms with Gasteiger partial charge in [-0.1, -0.05) is 17.7 Å². The SMILES string of the molecule is C[C@]12Cc3cnoc3C=C1CCC[C@@H]2CCc1ncccn1. The Hall–Kier alpha value is -1.97. The van der Waals surface area contributed by atoms with Crippen molar-refractivity contribution in [2.45, 2.75) is 45.4 Å². The number of allylic oxidation sites excluding steroid dienone is 1. The van der Waals surface area contributed by atoms with Gasteiger partial charge in [0.2, 0.25) is 0 Å². The molecular weight excluding hydrogens is 274 g/mol. The van der Waals surface area contributed by atoms with E-state index in [0.717, 1.165) is 30.8 Å². The van der Waals surface area contributed by atoms with E-state index >= 15 is 0 Å². The van der Waals surface area contributed by atoms with E-state index in [1.807, 2.05) is 24.7 Å². The van der Waals surface area contributed by atoms with E-state index in [1.54, 1.807) is 5.57 Å². The van der Waals surface area contributed by atoms with Crippen LogP contribution in [0.1, 0.15) is 49.8 Å². The van der Waals surface area contributed by atoms with E-state index in [9.17, 15) is 0 Å². The molecule has 0 spiro atoms. The largest absolute Gasteiger partial charge is 0.357 e. The van der Waals surface area contributed by atoms with Crippen LogP contribution in [0.4, 0.5) is 0 Å². The van der Waals surface area contributed by atoms with Gasteiger partial charge < -0.3 is 4.52 Å². The molecule has 0 N–H and O–H groups in total. The summed E-state index contributed by atoms with van der Waals surface area (Å²) < 4.78 is 5.37. The summed E-state index contributed by atoms with van der Waals surface area (Å²) in [5.41, 5.74) is 3.04. The van der Waals surface area contributed by atoms with Crippen LogP contribution < -0.4 is 0 Å². The highest BCUT2D eigenvalue weighted by Gasteiger charge is 2.43. The maximum absolute atomic E-state index is 5.37. The van der Waals surface area contributed by atoms with Crippen molar-refractivity contribution in [1.82, 2.24) is 15.1 Å². The standard InChI is InChI=1S/C18H21N3O/c1-18-11-13-12-21-22-16(13)10-15(18)5-2-4-14(18)6-7-17-19-8-3-9-20-17/h3,8-10,12,14H,2,4-7,11H2,1H3/t14-,18-/m1/s1. The molecule has 2 heterocycles. The lowest BCUT2D eigenvalue weighted by atomic mass is 9.59. The smallest absolute Gasteiger partial charge is 0.162 e. The highest BCUT2D eigenvalue weighted by Crippen LogP contribution is 2.52. The zero-order chi connectivity index (χ0) is 15.0. The topological polar surface area (TPSA) is 51.8 Å². The van der Waals surface area contributed by atoms with Crippen LogP contribution in [-0.2, 0) is 12.8 Å². The molecule has 1 fully saturated rings. The van der Waals surface area contributed by atoms with Gasteiger partial charge in [-0.25, -0.2) is 9.97 Å². The number of aromatic nitrogens is 3. The molecule has 4 nitrogen and oxygen atoms in total. The molecule has 2 aromatic rings. The van der Waals surface area contributed by atoms with Gasteiger partial charge in [-0.05, 0) is 55.6 Å². The maximum atomic E-state index is 5.37. The van der Waals surface area contributed by atoms with Crippen LogP contribution in [-0.4, -0.2) is 15.1 Å². The Kier molecular flexibility index (Phi) is 3.32. The predicted molar refractivity (Wildman–Crippen MR) is 84.0 cm³/mol. The number of nitrogens with zero attached hydrogens (tertiary/aromatic N) is 3. The molecule has 0 bridgehead atoms. The lowest BCUT2D eigenvalue weighted by Crippen LogP contribution is -2.37. The van der Waals surface area contributed by atoms with Gasteiger partial charge in [0.1, 0.15) is 5.82 Å². The van der Waals surface area contributed by atoms with Crippen molar-refractivity contribution in [3.63, 3.8) is 0 Å². The molecule has 2 aliphatic carbocycles. The first-order valence-electron chi connectivity index (χ1n) is 8.16. The Bertz CT molecular complexity index is 691. The van der Waals surface area contributed by atoms with Crippen LogP contribution in [0.3, 0.4) is 0 Å². The fourth-order valence-electron chi connectivity index (χ4n) is 4.20. The van der Waals surface area contributed by atoms with Crippen molar-refractivity contribution in [3.8, 4) is 0 Å². The van der Waals surface area contributed by atoms with Gasteiger partial charge in [0.25, 0.3) is 0 Å². The first kappa shape index (κ1) is 13.7. The lowest BCUT2D eigenvalue weighted by Gasteiger charge is -2.45. The summed E-state index contributed by atoms with van der Waals surface area (Å²) in [4.78, 5) is 8.73. The average Bonchev–Trinajstić information content (AvgIpc) is 2.98. The quantitative estimate of drug-likeness (QED) is 0.863. The molecule has 4 heteroatoms. The second kappa shape index (κ2) is 5.34. The van der Waals surface area contributed by atoms with E-state index < -0.39 is 0 Å². The van der Waals surface area contributed by atoms with E-state index in [1.165, 1.54) is 24.8 Å². The Morgan fingerprint density at radius 3 is 3.05 bits per heavy atom. The van der Waals surface area contributed by atoms with Crippen LogP contribution in [0, 0.1) is 11.3 Å². The second-order valence-corrected chi connectivity index (χ2v) is 6.77. The Labute approximate surface area is 130 Å². The Morgan fingerprint density at radius 1 is 1.32 bits per heavy atom. The molecule has 0 saturated heterocycles. The molecule has 0 unspecified atom stereocenters. The average molecular weight is 295 g/mol. The summed E-state index contributed by atoms with van der Waals surface area (Å²) in [6.07, 6.45) is 14.7. The number of fused-ring (bicyclic) bond motifs is 2. The van der Waals surface area contributed by atoms with Crippen LogP contribution in [0.5, 0.6) is 0 Å². The molecule has 2 aromatic heterocycles. The Morgan fingerprint density at radius 2 is 2.18 bits per heavy atom. The van der Waals surface area contributed by atoms with E-state index in [-0.39, 0.29) is 5.41 Å². The molecule has 0 radical (unpaired) electrons. The van der Waals surface area contributed by atoms with Crippen LogP contribution in [0.2, 0.25) is 0 Å². The van der Waals surface area contributed by atoms with Gasteiger partial charge in [-0.15, -0.1) is 0 Å². The number of hydrogen-bond donors (Lipinski definition) is 0. The van der Waals surface area contributed by atoms with Crippen molar-refractivity contribution >= 4 is 6.08 Å². The fourth-order valence-corrected chi connectivity index (χ4v) is 4.20. The highest BCUT2D eigenvalue weighted by atomic mass is 16.5. The van der Waals surface area contributed by atoms with Crippen molar-refractivity contribution in [2.75, 3.05) is 0 Å². The zero-order valence-corrected chi connectivity index (χ0v) is 13.0. The summed E-state index contributed by atoms with van der Waals surface area (Å²) in [5, 5.41) is 3.97. The van der Waals surface area contributed by atoms with Crippen LogP contribution in [0.15, 0.2) is 34.8 Å². The maximum Gasteiger partial charge on any atom is 0.162 e. The summed E-state index contributed by atoms with van der Waals surface area (Å²) in [6.45, 7) is 2.42. The molecule has 2 aliphatic rings. The Balaban J connectivity index is 1.56. The molecule has 114 valence electrons. The summed E-state index contributed by atoms with van der Waals surface area (Å²) >= 11 is 0. The summed E-state index contributed by atoms with van der Waals surface area (Å²) in [6, 6.07) is 1.88. The number of hydrogen-bond acceptors (Lipinski definition) is 4. The van der Waals surface area contributed by atoms with Crippen LogP contribution >= 0.6 is 0 Å². The fraction of sp³-hybridized carbons (Fsp3) is 0.500. The third-order valence-corrected chi connectivity index (χ3v) is 5.51. The van der Waals surface area contributed by atoms with Gasteiger partial charge in [-0.3, -0.25) is 0 Å². The first-order chi connectivity index (χ1) is 10.8. The van der Waals surface area contributed by atoms with Crippen molar-refractivity contribution < 1.29 is 4.52 Å². The molecule has 0 aromatic carbocycles. The van der Waals surface area contributed by atoms with Gasteiger partial charge >= 0.3 is 0 Å². The molecule has 22 heavy (non-hydrogen) atoms. The second-order valence-electron chi connectivity index (χ2n) is 6.77. The van der Waals surface area contributed by atoms with E-state index in [0.29, 0.717) is 5.92 Å². The minimum atomic E-state index is 0.242. The van der Waals surface area contributed by atoms with Gasteiger partial charge in [-0.2, -0.15) is 0 Å². The van der Waals surface area contributed by atoms with Crippen molar-refractivity contribution in [3.05, 3.63) is 47.4 Å². The molecule has 0 aliphatic heterocycles. The monoisotopic (exact) mass is 295 g/mol.